The van der Waals surface area contributed by atoms with Crippen molar-refractivity contribution in [2.75, 3.05) is 13.2 Å². The second-order valence-electron chi connectivity index (χ2n) is 23.4. The second kappa shape index (κ2) is 69.8. The Morgan fingerprint density at radius 1 is 0.268 bits per heavy atom. The van der Waals surface area contributed by atoms with Gasteiger partial charge in [-0.1, -0.05) is 343 Å². The van der Waals surface area contributed by atoms with Crippen molar-refractivity contribution in [3.63, 3.8) is 0 Å². The standard InChI is InChI=1S/C76H132O6/c1-4-7-10-13-16-19-22-25-28-30-32-34-36-37-38-40-41-43-45-48-51-54-57-60-63-66-69-75(78)81-72-73(71-80-74(77)68-65-62-59-56-53-50-47-27-24-21-18-15-12-9-6-3)82-76(79)70-67-64-61-58-55-52-49-46-44-42-39-35-33-31-29-26-23-20-17-14-11-8-5-2/h9,12,18,21,23,26-27,31,33,39,42,47,53,56,62,65,73H,4-8,10-11,13-17,19-20,22,24-25,28-30,32,34-38,40-41,43-46,48-52,54-55,57-61,63-64,66-72H2,1-3H3/b12-9-,21-18-,26-23-,33-31-,42-39-,47-27-,56-53-,65-62-. The quantitative estimate of drug-likeness (QED) is 0.0261. The Morgan fingerprint density at radius 2 is 0.524 bits per heavy atom. The van der Waals surface area contributed by atoms with Gasteiger partial charge in [0.15, 0.2) is 6.10 Å². The predicted octanol–water partition coefficient (Wildman–Crippen LogP) is 24.4. The molecule has 1 unspecified atom stereocenters. The molecule has 0 amide bonds. The Morgan fingerprint density at radius 3 is 0.854 bits per heavy atom. The third kappa shape index (κ3) is 67.1. The van der Waals surface area contributed by atoms with E-state index in [2.05, 4.69) is 106 Å². The molecule has 0 bridgehead atoms. The molecule has 0 aliphatic heterocycles. The van der Waals surface area contributed by atoms with Gasteiger partial charge < -0.3 is 14.2 Å². The van der Waals surface area contributed by atoms with E-state index < -0.39 is 12.1 Å². The lowest BCUT2D eigenvalue weighted by molar-refractivity contribution is -0.166. The largest absolute Gasteiger partial charge is 0.462 e. The maximum absolute atomic E-state index is 12.9. The Hall–Kier alpha value is -3.67. The summed E-state index contributed by atoms with van der Waals surface area (Å²) in [6.07, 6.45) is 94.7. The van der Waals surface area contributed by atoms with E-state index in [0.29, 0.717) is 12.8 Å². The van der Waals surface area contributed by atoms with Crippen molar-refractivity contribution in [1.29, 1.82) is 0 Å². The van der Waals surface area contributed by atoms with Crippen LogP contribution in [0.1, 0.15) is 348 Å². The molecule has 0 saturated carbocycles. The van der Waals surface area contributed by atoms with Crippen LogP contribution in [-0.4, -0.2) is 37.2 Å². The van der Waals surface area contributed by atoms with Crippen LogP contribution in [0.5, 0.6) is 0 Å². The minimum absolute atomic E-state index is 0.108. The van der Waals surface area contributed by atoms with Gasteiger partial charge in [0, 0.05) is 12.8 Å². The molecule has 0 aromatic heterocycles. The first-order valence-corrected chi connectivity index (χ1v) is 35.2. The van der Waals surface area contributed by atoms with Crippen LogP contribution in [0.3, 0.4) is 0 Å². The summed E-state index contributed by atoms with van der Waals surface area (Å²) in [6, 6.07) is 0. The molecule has 0 N–H and O–H groups in total. The number of carbonyl (C=O) groups excluding carboxylic acids is 3. The highest BCUT2D eigenvalue weighted by atomic mass is 16.6. The van der Waals surface area contributed by atoms with E-state index in [9.17, 15) is 14.4 Å². The number of rotatable bonds is 64. The first kappa shape index (κ1) is 78.3. The number of allylic oxidation sites excluding steroid dienone is 15. The van der Waals surface area contributed by atoms with Gasteiger partial charge in [-0.25, -0.2) is 0 Å². The van der Waals surface area contributed by atoms with Gasteiger partial charge in [0.2, 0.25) is 0 Å². The summed E-state index contributed by atoms with van der Waals surface area (Å²) in [4.78, 5) is 38.4. The summed E-state index contributed by atoms with van der Waals surface area (Å²) >= 11 is 0. The van der Waals surface area contributed by atoms with E-state index in [0.717, 1.165) is 89.9 Å². The van der Waals surface area contributed by atoms with Gasteiger partial charge in [0.25, 0.3) is 0 Å². The van der Waals surface area contributed by atoms with Gasteiger partial charge in [-0.05, 0) is 83.5 Å². The summed E-state index contributed by atoms with van der Waals surface area (Å²) in [5.41, 5.74) is 0. The zero-order valence-corrected chi connectivity index (χ0v) is 54.2. The molecule has 0 aromatic rings. The van der Waals surface area contributed by atoms with Crippen LogP contribution >= 0.6 is 0 Å². The van der Waals surface area contributed by atoms with Crippen LogP contribution in [0.15, 0.2) is 97.2 Å². The molecular formula is C76H132O6. The smallest absolute Gasteiger partial charge is 0.309 e. The second-order valence-corrected chi connectivity index (χ2v) is 23.4. The molecule has 0 saturated heterocycles. The Bertz CT molecular complexity index is 1590. The summed E-state index contributed by atoms with van der Waals surface area (Å²) in [6.45, 7) is 6.47. The highest BCUT2D eigenvalue weighted by molar-refractivity contribution is 5.72. The highest BCUT2D eigenvalue weighted by Crippen LogP contribution is 2.18. The number of hydrogen-bond donors (Lipinski definition) is 0. The van der Waals surface area contributed by atoms with E-state index in [1.54, 1.807) is 6.08 Å². The molecule has 0 radical (unpaired) electrons. The fourth-order valence-corrected chi connectivity index (χ4v) is 10.1. The Labute approximate surface area is 508 Å². The van der Waals surface area contributed by atoms with Gasteiger partial charge >= 0.3 is 17.9 Å². The predicted molar refractivity (Wildman–Crippen MR) is 357 cm³/mol. The van der Waals surface area contributed by atoms with Crippen molar-refractivity contribution in [3.8, 4) is 0 Å². The summed E-state index contributed by atoms with van der Waals surface area (Å²) in [5, 5.41) is 0. The Balaban J connectivity index is 4.36. The minimum atomic E-state index is -0.823. The fourth-order valence-electron chi connectivity index (χ4n) is 10.1. The summed E-state index contributed by atoms with van der Waals surface area (Å²) in [5.74, 6) is -1.03. The summed E-state index contributed by atoms with van der Waals surface area (Å²) < 4.78 is 16.9. The minimum Gasteiger partial charge on any atom is -0.462 e. The average molecular weight is 1140 g/mol. The zero-order valence-electron chi connectivity index (χ0n) is 54.2. The number of carbonyl (C=O) groups is 3. The van der Waals surface area contributed by atoms with Crippen LogP contribution < -0.4 is 0 Å². The van der Waals surface area contributed by atoms with Gasteiger partial charge in [-0.15, -0.1) is 0 Å². The molecule has 0 fully saturated rings. The van der Waals surface area contributed by atoms with Gasteiger partial charge in [-0.3, -0.25) is 14.4 Å². The molecule has 0 heterocycles. The van der Waals surface area contributed by atoms with E-state index >= 15 is 0 Å². The average Bonchev–Trinajstić information content (AvgIpc) is 3.47. The van der Waals surface area contributed by atoms with Gasteiger partial charge in [-0.2, -0.15) is 0 Å². The van der Waals surface area contributed by atoms with Crippen LogP contribution in [0.25, 0.3) is 0 Å². The lowest BCUT2D eigenvalue weighted by Gasteiger charge is -2.18. The zero-order chi connectivity index (χ0) is 59.2. The van der Waals surface area contributed by atoms with Crippen LogP contribution in [0, 0.1) is 0 Å². The van der Waals surface area contributed by atoms with E-state index in [-0.39, 0.29) is 31.6 Å². The maximum Gasteiger partial charge on any atom is 0.309 e. The first-order chi connectivity index (χ1) is 40.5. The van der Waals surface area contributed by atoms with Crippen molar-refractivity contribution in [2.24, 2.45) is 0 Å². The normalized spacial score (nSPS) is 12.7. The van der Waals surface area contributed by atoms with Crippen molar-refractivity contribution in [1.82, 2.24) is 0 Å². The van der Waals surface area contributed by atoms with Crippen LogP contribution in [0.4, 0.5) is 0 Å². The fraction of sp³-hybridized carbons (Fsp3) is 0.750. The third-order valence-corrected chi connectivity index (χ3v) is 15.4. The Kier molecular flexibility index (Phi) is 66.7. The number of unbranched alkanes of at least 4 members (excludes halogenated alkanes) is 38. The van der Waals surface area contributed by atoms with Gasteiger partial charge in [0.05, 0.1) is 6.42 Å². The molecule has 0 rings (SSSR count). The number of esters is 3. The van der Waals surface area contributed by atoms with Crippen LogP contribution in [-0.2, 0) is 28.6 Å². The lowest BCUT2D eigenvalue weighted by atomic mass is 10.0. The molecule has 472 valence electrons. The highest BCUT2D eigenvalue weighted by Gasteiger charge is 2.19. The van der Waals surface area contributed by atoms with Crippen molar-refractivity contribution in [3.05, 3.63) is 97.2 Å². The third-order valence-electron chi connectivity index (χ3n) is 15.4. The molecule has 82 heavy (non-hydrogen) atoms. The molecule has 1 atom stereocenters. The monoisotopic (exact) mass is 1140 g/mol. The van der Waals surface area contributed by atoms with Crippen molar-refractivity contribution < 1.29 is 28.6 Å². The molecule has 0 aromatic carbocycles. The molecule has 0 aliphatic rings. The van der Waals surface area contributed by atoms with E-state index in [4.69, 9.17) is 14.2 Å². The number of ether oxygens (including phenoxy) is 3. The van der Waals surface area contributed by atoms with E-state index in [1.165, 1.54) is 218 Å². The maximum atomic E-state index is 12.9. The molecular weight excluding hydrogens is 1010 g/mol. The molecule has 6 nitrogen and oxygen atoms in total. The van der Waals surface area contributed by atoms with E-state index in [1.807, 2.05) is 6.08 Å². The van der Waals surface area contributed by atoms with Crippen molar-refractivity contribution in [2.45, 2.75) is 354 Å². The number of hydrogen-bond acceptors (Lipinski definition) is 6. The molecule has 0 spiro atoms. The summed E-state index contributed by atoms with van der Waals surface area (Å²) in [7, 11) is 0. The van der Waals surface area contributed by atoms with Crippen LogP contribution in [0.2, 0.25) is 0 Å². The van der Waals surface area contributed by atoms with Gasteiger partial charge in [0.1, 0.15) is 13.2 Å². The SMILES string of the molecule is CC/C=C\C/C=C\C/C=C\C/C=C\C/C=C\CC(=O)OCC(COC(=O)CCCCCCCCCCCCCCCCCCCCCCCCCCCC)OC(=O)CCCCCCCCCC/C=C\C/C=C\C/C=C\CCCCCCC. The first-order valence-electron chi connectivity index (χ1n) is 35.2. The topological polar surface area (TPSA) is 78.9 Å². The molecule has 6 heteroatoms. The lowest BCUT2D eigenvalue weighted by Crippen LogP contribution is -2.30. The molecule has 0 aliphatic carbocycles. The van der Waals surface area contributed by atoms with Crippen molar-refractivity contribution >= 4 is 17.9 Å².